The van der Waals surface area contributed by atoms with Gasteiger partial charge in [-0.15, -0.1) is 12.4 Å². The Morgan fingerprint density at radius 1 is 1.27 bits per heavy atom. The lowest BCUT2D eigenvalue weighted by Crippen LogP contribution is -2.39. The Labute approximate surface area is 200 Å². The van der Waals surface area contributed by atoms with Gasteiger partial charge in [-0.2, -0.15) is 18.3 Å². The summed E-state index contributed by atoms with van der Waals surface area (Å²) in [5, 5.41) is 11.2. The van der Waals surface area contributed by atoms with Crippen LogP contribution in [0.2, 0.25) is 0 Å². The molecule has 0 radical (unpaired) electrons. The molecule has 4 rings (SSSR count). The maximum absolute atomic E-state index is 14.4. The second-order valence-electron chi connectivity index (χ2n) is 8.14. The third-order valence-electron chi connectivity index (χ3n) is 5.48. The molecule has 11 heteroatoms. The van der Waals surface area contributed by atoms with E-state index in [1.165, 1.54) is 23.9 Å². The summed E-state index contributed by atoms with van der Waals surface area (Å²) in [4.78, 5) is 4.45. The first-order chi connectivity index (χ1) is 15.2. The fourth-order valence-corrected chi connectivity index (χ4v) is 4.87. The second kappa shape index (κ2) is 10.5. The second-order valence-corrected chi connectivity index (χ2v) is 9.40. The van der Waals surface area contributed by atoms with Crippen LogP contribution in [0.15, 0.2) is 41.6 Å². The van der Waals surface area contributed by atoms with Crippen molar-refractivity contribution in [1.29, 1.82) is 0 Å². The van der Waals surface area contributed by atoms with Gasteiger partial charge in [-0.3, -0.25) is 0 Å². The number of rotatable bonds is 6. The zero-order valence-electron chi connectivity index (χ0n) is 18.2. The Bertz CT molecular complexity index is 1090. The first-order valence-corrected chi connectivity index (χ1v) is 11.4. The molecule has 0 amide bonds. The Balaban J connectivity index is 0.00000306. The summed E-state index contributed by atoms with van der Waals surface area (Å²) in [6, 6.07) is 7.24. The van der Waals surface area contributed by atoms with Gasteiger partial charge in [-0.05, 0) is 36.6 Å². The van der Waals surface area contributed by atoms with Crippen molar-refractivity contribution in [1.82, 2.24) is 19.9 Å². The molecule has 3 heterocycles. The molecule has 5 nitrogen and oxygen atoms in total. The van der Waals surface area contributed by atoms with Crippen molar-refractivity contribution in [2.24, 2.45) is 0 Å². The highest BCUT2D eigenvalue weighted by molar-refractivity contribution is 7.99. The molecular formula is C22H26ClF4N5S. The third-order valence-corrected chi connectivity index (χ3v) is 6.75. The van der Waals surface area contributed by atoms with Crippen molar-refractivity contribution in [3.8, 4) is 0 Å². The number of imidazole rings is 1. The molecule has 2 unspecified atom stereocenters. The summed E-state index contributed by atoms with van der Waals surface area (Å²) < 4.78 is 56.2. The van der Waals surface area contributed by atoms with Crippen LogP contribution in [0.3, 0.4) is 0 Å². The van der Waals surface area contributed by atoms with Crippen molar-refractivity contribution >= 4 is 35.5 Å². The predicted molar refractivity (Wildman–Crippen MR) is 125 cm³/mol. The number of nitrogens with one attached hydrogen (secondary N) is 2. The monoisotopic (exact) mass is 503 g/mol. The molecule has 0 bridgehead atoms. The average molecular weight is 504 g/mol. The lowest BCUT2D eigenvalue weighted by molar-refractivity contribution is -0.138. The average Bonchev–Trinajstić information content (AvgIpc) is 3.18. The van der Waals surface area contributed by atoms with E-state index >= 15 is 0 Å². The number of anilines is 1. The molecule has 1 aliphatic heterocycles. The summed E-state index contributed by atoms with van der Waals surface area (Å²) in [6.45, 7) is 5.05. The molecule has 0 spiro atoms. The summed E-state index contributed by atoms with van der Waals surface area (Å²) in [5.41, 5.74) is 1.44. The number of alkyl halides is 4. The normalized spacial score (nSPS) is 19.0. The van der Waals surface area contributed by atoms with Gasteiger partial charge in [0.05, 0.1) is 23.1 Å². The minimum atomic E-state index is -4.43. The molecule has 1 saturated heterocycles. The fraction of sp³-hybridized carbons (Fsp3) is 0.455. The van der Waals surface area contributed by atoms with Gasteiger partial charge in [0.2, 0.25) is 0 Å². The number of hydrogen-bond donors (Lipinski definition) is 2. The van der Waals surface area contributed by atoms with Crippen molar-refractivity contribution < 1.29 is 17.6 Å². The zero-order valence-corrected chi connectivity index (χ0v) is 19.8. The number of fused-ring (bicyclic) bond motifs is 1. The van der Waals surface area contributed by atoms with Crippen LogP contribution in [0.25, 0.3) is 5.65 Å². The van der Waals surface area contributed by atoms with Gasteiger partial charge in [0.15, 0.2) is 5.65 Å². The van der Waals surface area contributed by atoms with E-state index in [9.17, 15) is 17.6 Å². The molecule has 1 fully saturated rings. The summed E-state index contributed by atoms with van der Waals surface area (Å²) in [7, 11) is 0. The van der Waals surface area contributed by atoms with E-state index in [0.717, 1.165) is 18.3 Å². The van der Waals surface area contributed by atoms with Crippen molar-refractivity contribution in [2.45, 2.75) is 55.4 Å². The highest BCUT2D eigenvalue weighted by atomic mass is 35.5. The maximum atomic E-state index is 14.4. The van der Waals surface area contributed by atoms with Crippen LogP contribution in [0.4, 0.5) is 23.2 Å². The first kappa shape index (κ1) is 25.6. The van der Waals surface area contributed by atoms with Crippen LogP contribution in [0.1, 0.15) is 43.0 Å². The number of nitrogens with zero attached hydrogens (tertiary/aromatic N) is 3. The first-order valence-electron chi connectivity index (χ1n) is 10.5. The molecule has 33 heavy (non-hydrogen) atoms. The van der Waals surface area contributed by atoms with Crippen LogP contribution in [0.5, 0.6) is 0 Å². The van der Waals surface area contributed by atoms with Crippen molar-refractivity contribution in [2.75, 3.05) is 18.4 Å². The number of benzene rings is 1. The summed E-state index contributed by atoms with van der Waals surface area (Å²) >= 11 is 1.36. The van der Waals surface area contributed by atoms with Crippen LogP contribution < -0.4 is 10.6 Å². The van der Waals surface area contributed by atoms with Gasteiger partial charge < -0.3 is 10.6 Å². The van der Waals surface area contributed by atoms with Gasteiger partial charge >= 0.3 is 6.18 Å². The Hall–Kier alpha value is -2.04. The quantitative estimate of drug-likeness (QED) is 0.423. The van der Waals surface area contributed by atoms with Crippen LogP contribution in [-0.2, 0) is 12.7 Å². The van der Waals surface area contributed by atoms with Crippen molar-refractivity contribution in [3.63, 3.8) is 0 Å². The lowest BCUT2D eigenvalue weighted by Gasteiger charge is -2.26. The minimum absolute atomic E-state index is 0. The molecule has 2 N–H and O–H groups in total. The van der Waals surface area contributed by atoms with E-state index < -0.39 is 17.9 Å². The molecule has 2 atom stereocenters. The summed E-state index contributed by atoms with van der Waals surface area (Å²) in [5.74, 6) is 0.143. The maximum Gasteiger partial charge on any atom is 0.416 e. The van der Waals surface area contributed by atoms with Crippen molar-refractivity contribution in [3.05, 3.63) is 53.3 Å². The molecule has 1 aromatic carbocycles. The smallest absolute Gasteiger partial charge is 0.378 e. The Kier molecular flexibility index (Phi) is 8.13. The highest BCUT2D eigenvalue weighted by Gasteiger charge is 2.33. The summed E-state index contributed by atoms with van der Waals surface area (Å²) in [6.07, 6.45) is -3.03. The Morgan fingerprint density at radius 2 is 2.03 bits per heavy atom. The SMILES string of the molecule is CC(C)c1cnc2c(NCc3ccccc3C(F)(F)F)cc(SC3CCNCC3F)nn12.Cl. The van der Waals surface area contributed by atoms with E-state index in [4.69, 9.17) is 0 Å². The zero-order chi connectivity index (χ0) is 22.9. The van der Waals surface area contributed by atoms with Crippen LogP contribution >= 0.6 is 24.2 Å². The largest absolute Gasteiger partial charge is 0.416 e. The number of hydrogen-bond acceptors (Lipinski definition) is 5. The predicted octanol–water partition coefficient (Wildman–Crippen LogP) is 5.70. The van der Waals surface area contributed by atoms with E-state index in [2.05, 4.69) is 20.7 Å². The number of thioether (sulfide) groups is 1. The standard InChI is InChI=1S/C22H25F4N5S.ClH/c1-13(2)18-12-29-21-17(28-10-14-5-3-4-6-15(14)22(24,25)26)9-20(30-31(18)21)32-19-7-8-27-11-16(19)23;/h3-6,9,12-13,16,19,27-28H,7-8,10-11H2,1-2H3;1H. The molecular weight excluding hydrogens is 478 g/mol. The number of piperidine rings is 1. The van der Waals surface area contributed by atoms with Gasteiger partial charge in [-0.1, -0.05) is 43.8 Å². The van der Waals surface area contributed by atoms with Gasteiger partial charge in [0.25, 0.3) is 0 Å². The van der Waals surface area contributed by atoms with Crippen LogP contribution in [0, 0.1) is 0 Å². The number of aromatic nitrogens is 3. The topological polar surface area (TPSA) is 54.2 Å². The molecule has 1 aliphatic rings. The molecule has 0 saturated carbocycles. The molecule has 2 aromatic heterocycles. The van der Waals surface area contributed by atoms with Crippen LogP contribution in [-0.4, -0.2) is 39.1 Å². The van der Waals surface area contributed by atoms with Gasteiger partial charge in [-0.25, -0.2) is 13.9 Å². The van der Waals surface area contributed by atoms with E-state index in [-0.39, 0.29) is 35.7 Å². The molecule has 0 aliphatic carbocycles. The fourth-order valence-electron chi connectivity index (χ4n) is 3.77. The van der Waals surface area contributed by atoms with Gasteiger partial charge in [0, 0.05) is 18.3 Å². The lowest BCUT2D eigenvalue weighted by atomic mass is 10.1. The highest BCUT2D eigenvalue weighted by Crippen LogP contribution is 2.34. The molecule has 3 aromatic rings. The number of halogens is 5. The van der Waals surface area contributed by atoms with E-state index in [1.54, 1.807) is 22.8 Å². The third kappa shape index (κ3) is 5.73. The van der Waals surface area contributed by atoms with Gasteiger partial charge in [0.1, 0.15) is 11.2 Å². The Morgan fingerprint density at radius 3 is 2.73 bits per heavy atom. The van der Waals surface area contributed by atoms with E-state index in [0.29, 0.717) is 29.3 Å². The van der Waals surface area contributed by atoms with E-state index in [1.807, 2.05) is 13.8 Å². The molecule has 180 valence electrons. The minimum Gasteiger partial charge on any atom is -0.378 e.